The van der Waals surface area contributed by atoms with Crippen molar-refractivity contribution in [2.45, 2.75) is 70.7 Å². The average Bonchev–Trinajstić information content (AvgIpc) is 2.80. The molecule has 0 aliphatic carbocycles. The zero-order valence-corrected chi connectivity index (χ0v) is 28.0. The molecule has 2 aromatic carbocycles. The molecule has 8 nitrogen and oxygen atoms in total. The minimum absolute atomic E-state index is 0.161. The Morgan fingerprint density at radius 1 is 0.889 bits per heavy atom. The number of nitrogens with one attached hydrogen (secondary N) is 3. The van der Waals surface area contributed by atoms with Gasteiger partial charge < -0.3 is 15.4 Å². The first-order valence-corrected chi connectivity index (χ1v) is 15.9. The van der Waals surface area contributed by atoms with Gasteiger partial charge >= 0.3 is 24.1 Å². The molecule has 0 radical (unpaired) electrons. The fourth-order valence-corrected chi connectivity index (χ4v) is 6.44. The Morgan fingerprint density at radius 2 is 1.44 bits per heavy atom. The summed E-state index contributed by atoms with van der Waals surface area (Å²) in [5.41, 5.74) is -10.5. The van der Waals surface area contributed by atoms with E-state index in [0.29, 0.717) is 12.1 Å². The normalized spacial score (nSPS) is 14.2. The van der Waals surface area contributed by atoms with Crippen molar-refractivity contribution in [3.05, 3.63) is 62.2 Å². The number of hydrogen-bond acceptors (Lipinski definition) is 5. The van der Waals surface area contributed by atoms with Gasteiger partial charge in [-0.3, -0.25) is 9.59 Å². The molecule has 1 atom stereocenters. The van der Waals surface area contributed by atoms with Crippen molar-refractivity contribution < 1.29 is 54.1 Å². The van der Waals surface area contributed by atoms with Crippen LogP contribution in [0.15, 0.2) is 36.4 Å². The standard InChI is InChI=1S/C28H31F7IN3O5S/c1-15-13-16(26(29,27(30,31)32)28(33,34)35)11-12-19(15)37-21(40)17-9-8-10-18(36)20(17)22(41)38-25(5,6)14-45(7,43)39-23(42)44-24(2,3)4/h8-14H,1-7H3,(H,37,40)(H,38,41)(H,39,42,43). The summed E-state index contributed by atoms with van der Waals surface area (Å²) in [6.07, 6.45) is -12.4. The molecule has 0 aliphatic heterocycles. The van der Waals surface area contributed by atoms with Crippen LogP contribution in [0, 0.1) is 10.5 Å². The van der Waals surface area contributed by atoms with Gasteiger partial charge in [-0.1, -0.05) is 18.2 Å². The highest BCUT2D eigenvalue weighted by molar-refractivity contribution is 14.1. The molecule has 0 bridgehead atoms. The van der Waals surface area contributed by atoms with E-state index in [4.69, 9.17) is 4.74 Å². The van der Waals surface area contributed by atoms with Gasteiger partial charge in [0, 0.05) is 26.4 Å². The Bertz CT molecular complexity index is 1590. The molecule has 2 aromatic rings. The zero-order valence-electron chi connectivity index (χ0n) is 25.0. The van der Waals surface area contributed by atoms with Gasteiger partial charge in [-0.25, -0.2) is 18.1 Å². The Labute approximate surface area is 269 Å². The van der Waals surface area contributed by atoms with Crippen LogP contribution in [0.5, 0.6) is 0 Å². The SMILES string of the molecule is Cc1cc(C(F)(C(F)(F)F)C(F)(F)F)ccc1NC(=O)c1cccc(I)c1C(=O)NC(C)(C)C=S(C)(=O)NC(=O)OC(C)(C)C. The lowest BCUT2D eigenvalue weighted by atomic mass is 9.92. The molecule has 0 heterocycles. The third-order valence-electron chi connectivity index (χ3n) is 5.78. The van der Waals surface area contributed by atoms with Crippen LogP contribution in [0.2, 0.25) is 0 Å². The van der Waals surface area contributed by atoms with E-state index in [1.54, 1.807) is 43.4 Å². The molecule has 250 valence electrons. The van der Waals surface area contributed by atoms with E-state index in [0.717, 1.165) is 6.92 Å². The van der Waals surface area contributed by atoms with Crippen LogP contribution in [0.1, 0.15) is 66.5 Å². The Balaban J connectivity index is 2.40. The van der Waals surface area contributed by atoms with E-state index < -0.39 is 62.3 Å². The highest BCUT2D eigenvalue weighted by atomic mass is 127. The molecule has 0 aromatic heterocycles. The van der Waals surface area contributed by atoms with Crippen molar-refractivity contribution in [2.75, 3.05) is 11.6 Å². The number of carbonyl (C=O) groups is 3. The van der Waals surface area contributed by atoms with E-state index in [-0.39, 0.29) is 32.0 Å². The molecule has 0 saturated heterocycles. The summed E-state index contributed by atoms with van der Waals surface area (Å²) in [6, 6.07) is 5.44. The molecule has 3 amide bonds. The molecule has 1 unspecified atom stereocenters. The van der Waals surface area contributed by atoms with Crippen LogP contribution < -0.4 is 15.4 Å². The molecule has 0 fully saturated rings. The van der Waals surface area contributed by atoms with E-state index in [1.165, 1.54) is 43.7 Å². The minimum atomic E-state index is -6.31. The van der Waals surface area contributed by atoms with Gasteiger partial charge in [0.1, 0.15) is 5.60 Å². The molecule has 45 heavy (non-hydrogen) atoms. The predicted molar refractivity (Wildman–Crippen MR) is 164 cm³/mol. The molecule has 17 heteroatoms. The number of carbonyl (C=O) groups excluding carboxylic acids is 3. The smallest absolute Gasteiger partial charge is 0.435 e. The number of amides is 3. The fraction of sp³-hybridized carbons (Fsp3) is 0.429. The minimum Gasteiger partial charge on any atom is -0.443 e. The van der Waals surface area contributed by atoms with Crippen LogP contribution in [-0.4, -0.2) is 57.2 Å². The number of anilines is 1. The Kier molecular flexibility index (Phi) is 11.0. The number of rotatable bonds is 7. The lowest BCUT2D eigenvalue weighted by Crippen LogP contribution is -2.50. The number of benzene rings is 2. The van der Waals surface area contributed by atoms with E-state index in [1.807, 2.05) is 0 Å². The first-order chi connectivity index (χ1) is 20.1. The Hall–Kier alpha value is -3.09. The van der Waals surface area contributed by atoms with Gasteiger partial charge in [-0.2, -0.15) is 26.3 Å². The highest BCUT2D eigenvalue weighted by Gasteiger charge is 2.73. The van der Waals surface area contributed by atoms with Gasteiger partial charge in [0.05, 0.1) is 26.4 Å². The quantitative estimate of drug-likeness (QED) is 0.163. The molecule has 3 N–H and O–H groups in total. The van der Waals surface area contributed by atoms with Crippen LogP contribution in [0.25, 0.3) is 0 Å². The number of ether oxygens (including phenoxy) is 1. The second kappa shape index (κ2) is 13.0. The van der Waals surface area contributed by atoms with Crippen molar-refractivity contribution in [1.29, 1.82) is 0 Å². The highest BCUT2D eigenvalue weighted by Crippen LogP contribution is 2.53. The van der Waals surface area contributed by atoms with Crippen molar-refractivity contribution in [3.8, 4) is 0 Å². The fourth-order valence-electron chi connectivity index (χ4n) is 4.08. The number of hydrogen-bond donors (Lipinski definition) is 3. The summed E-state index contributed by atoms with van der Waals surface area (Å²) in [4.78, 5) is 38.7. The summed E-state index contributed by atoms with van der Waals surface area (Å²) in [6.45, 7) is 8.84. The van der Waals surface area contributed by atoms with Crippen LogP contribution in [-0.2, 0) is 20.1 Å². The molecule has 2 rings (SSSR count). The maximum atomic E-state index is 14.5. The number of alkyl halides is 7. The second-order valence-corrected chi connectivity index (χ2v) is 15.0. The molecular weight excluding hydrogens is 750 g/mol. The van der Waals surface area contributed by atoms with Gasteiger partial charge in [-0.05, 0) is 87.9 Å². The van der Waals surface area contributed by atoms with E-state index in [2.05, 4.69) is 15.4 Å². The van der Waals surface area contributed by atoms with Crippen LogP contribution in [0.3, 0.4) is 0 Å². The van der Waals surface area contributed by atoms with Crippen molar-refractivity contribution >= 4 is 61.3 Å². The molecular formula is C28H31F7IN3O5S. The van der Waals surface area contributed by atoms with Crippen molar-refractivity contribution in [3.63, 3.8) is 0 Å². The first kappa shape index (κ1) is 38.1. The predicted octanol–water partition coefficient (Wildman–Crippen LogP) is 6.81. The molecule has 0 spiro atoms. The third kappa shape index (κ3) is 9.46. The maximum Gasteiger partial charge on any atom is 0.435 e. The van der Waals surface area contributed by atoms with Crippen molar-refractivity contribution in [2.24, 2.45) is 0 Å². The summed E-state index contributed by atoms with van der Waals surface area (Å²) < 4.78 is 114. The maximum absolute atomic E-state index is 14.5. The summed E-state index contributed by atoms with van der Waals surface area (Å²) in [5.74, 6) is -1.77. The average molecular weight is 782 g/mol. The van der Waals surface area contributed by atoms with Crippen LogP contribution >= 0.6 is 22.6 Å². The monoisotopic (exact) mass is 781 g/mol. The van der Waals surface area contributed by atoms with Crippen LogP contribution in [0.4, 0.5) is 41.2 Å². The Morgan fingerprint density at radius 3 is 1.93 bits per heavy atom. The summed E-state index contributed by atoms with van der Waals surface area (Å²) in [5, 5.41) is 6.11. The largest absolute Gasteiger partial charge is 0.443 e. The summed E-state index contributed by atoms with van der Waals surface area (Å²) in [7, 11) is -3.22. The lowest BCUT2D eigenvalue weighted by Gasteiger charge is -2.30. The lowest BCUT2D eigenvalue weighted by molar-refractivity contribution is -0.348. The third-order valence-corrected chi connectivity index (χ3v) is 8.29. The zero-order chi connectivity index (χ0) is 35.0. The van der Waals surface area contributed by atoms with Gasteiger partial charge in [-0.15, -0.1) is 0 Å². The van der Waals surface area contributed by atoms with Gasteiger partial charge in [0.2, 0.25) is 0 Å². The van der Waals surface area contributed by atoms with E-state index in [9.17, 15) is 49.3 Å². The summed E-state index contributed by atoms with van der Waals surface area (Å²) >= 11 is 1.77. The number of aryl methyl sites for hydroxylation is 1. The van der Waals surface area contributed by atoms with E-state index >= 15 is 0 Å². The second-order valence-electron chi connectivity index (χ2n) is 11.6. The van der Waals surface area contributed by atoms with Gasteiger partial charge in [0.15, 0.2) is 0 Å². The van der Waals surface area contributed by atoms with Gasteiger partial charge in [0.25, 0.3) is 11.8 Å². The number of halogens is 8. The first-order valence-electron chi connectivity index (χ1n) is 12.8. The molecule has 0 aliphatic rings. The topological polar surface area (TPSA) is 114 Å². The van der Waals surface area contributed by atoms with Crippen molar-refractivity contribution in [1.82, 2.24) is 10.0 Å². The molecule has 0 saturated carbocycles.